The molecule has 2 aliphatic carbocycles. The van der Waals surface area contributed by atoms with Gasteiger partial charge in [-0.1, -0.05) is 44.6 Å². The molecule has 200 valence electrons. The van der Waals surface area contributed by atoms with Gasteiger partial charge in [-0.15, -0.1) is 0 Å². The number of rotatable bonds is 4. The van der Waals surface area contributed by atoms with Crippen molar-refractivity contribution in [1.29, 1.82) is 0 Å². The predicted molar refractivity (Wildman–Crippen MR) is 142 cm³/mol. The van der Waals surface area contributed by atoms with Crippen LogP contribution in [0.1, 0.15) is 79.6 Å². The van der Waals surface area contributed by atoms with Gasteiger partial charge in [-0.05, 0) is 57.8 Å². The van der Waals surface area contributed by atoms with Crippen molar-refractivity contribution >= 4 is 11.7 Å². The van der Waals surface area contributed by atoms with Gasteiger partial charge in [0.25, 0.3) is 0 Å². The highest BCUT2D eigenvalue weighted by atomic mass is 16.5. The number of nitrogens with zero attached hydrogens (tertiary/aromatic N) is 2. The fraction of sp³-hybridized carbons (Fsp3) is 0.793. The highest BCUT2D eigenvalue weighted by molar-refractivity contribution is 5.79. The van der Waals surface area contributed by atoms with E-state index in [-0.39, 0.29) is 17.1 Å². The lowest BCUT2D eigenvalue weighted by molar-refractivity contribution is -0.142. The van der Waals surface area contributed by atoms with Gasteiger partial charge in [0.2, 0.25) is 5.91 Å². The minimum absolute atomic E-state index is 0.0492. The highest BCUT2D eigenvalue weighted by Crippen LogP contribution is 2.38. The summed E-state index contributed by atoms with van der Waals surface area (Å²) in [4.78, 5) is 26.8. The topological polar surface area (TPSA) is 59.1 Å². The second kappa shape index (κ2) is 15.6. The zero-order valence-electron chi connectivity index (χ0n) is 23.0. The van der Waals surface area contributed by atoms with Crippen LogP contribution in [-0.4, -0.2) is 80.1 Å². The third-order valence-electron chi connectivity index (χ3n) is 7.83. The highest BCUT2D eigenvalue weighted by Gasteiger charge is 2.36. The molecule has 0 aromatic heterocycles. The molecule has 35 heavy (non-hydrogen) atoms. The molecule has 2 saturated heterocycles. The smallest absolute Gasteiger partial charge is 0.226 e. The van der Waals surface area contributed by atoms with Crippen LogP contribution in [0, 0.1) is 11.3 Å². The fourth-order valence-corrected chi connectivity index (χ4v) is 5.02. The van der Waals surface area contributed by atoms with Crippen LogP contribution in [0.2, 0.25) is 0 Å². The van der Waals surface area contributed by atoms with Crippen LogP contribution in [-0.2, 0) is 19.1 Å². The summed E-state index contributed by atoms with van der Waals surface area (Å²) in [6.07, 6.45) is 15.1. The molecular weight excluding hydrogens is 440 g/mol. The maximum Gasteiger partial charge on any atom is 0.226 e. The Morgan fingerprint density at radius 2 is 1.69 bits per heavy atom. The molecule has 3 atom stereocenters. The van der Waals surface area contributed by atoms with Gasteiger partial charge in [0.15, 0.2) is 0 Å². The number of morpholine rings is 2. The van der Waals surface area contributed by atoms with Crippen LogP contribution in [0.5, 0.6) is 0 Å². The van der Waals surface area contributed by atoms with E-state index >= 15 is 0 Å². The Morgan fingerprint density at radius 3 is 2.20 bits per heavy atom. The molecule has 1 unspecified atom stereocenters. The second-order valence-electron chi connectivity index (χ2n) is 10.6. The number of hydrogen-bond acceptors (Lipinski definition) is 5. The Balaban J connectivity index is 0.000000212. The van der Waals surface area contributed by atoms with Crippen LogP contribution >= 0.6 is 0 Å². The molecule has 4 aliphatic rings. The minimum atomic E-state index is 0.0492. The SMILES string of the molecule is CC1=CC(N2CCOCC2)CCC1.CCC(C)=O.C[C@@H](C(=O)N1CCOCC1)[C@]1(C)C=CCCC1. The van der Waals surface area contributed by atoms with Crippen molar-refractivity contribution < 1.29 is 19.1 Å². The molecule has 2 aliphatic heterocycles. The molecule has 6 nitrogen and oxygen atoms in total. The van der Waals surface area contributed by atoms with E-state index < -0.39 is 0 Å². The Morgan fingerprint density at radius 1 is 1.09 bits per heavy atom. The van der Waals surface area contributed by atoms with Crippen LogP contribution in [0.15, 0.2) is 23.8 Å². The van der Waals surface area contributed by atoms with Gasteiger partial charge in [0, 0.05) is 44.6 Å². The lowest BCUT2D eigenvalue weighted by atomic mass is 9.71. The molecule has 0 N–H and O–H groups in total. The van der Waals surface area contributed by atoms with E-state index in [1.807, 2.05) is 11.8 Å². The van der Waals surface area contributed by atoms with Gasteiger partial charge in [-0.2, -0.15) is 0 Å². The average molecular weight is 491 g/mol. The summed E-state index contributed by atoms with van der Waals surface area (Å²) in [7, 11) is 0. The van der Waals surface area contributed by atoms with E-state index in [9.17, 15) is 9.59 Å². The van der Waals surface area contributed by atoms with E-state index in [0.717, 1.165) is 52.2 Å². The standard InChI is InChI=1S/C14H23NO2.C11H19NO.C4H8O/c1-12(14(2)6-4-3-5-7-14)13(16)15-8-10-17-11-9-15;1-10-3-2-4-11(9-10)12-5-7-13-8-6-12;1-3-4(2)5/h4,6,12H,3,5,7-11H2,1-2H3;9,11H,2-8H2,1H3;3H2,1-2H3/t12-,14+;;/m0../s1. The van der Waals surface area contributed by atoms with Crippen LogP contribution in [0.25, 0.3) is 0 Å². The number of ether oxygens (including phenoxy) is 2. The van der Waals surface area contributed by atoms with Gasteiger partial charge in [0.1, 0.15) is 5.78 Å². The summed E-state index contributed by atoms with van der Waals surface area (Å²) >= 11 is 0. The molecule has 0 radical (unpaired) electrons. The number of allylic oxidation sites excluding steroid dienone is 3. The third-order valence-corrected chi connectivity index (χ3v) is 7.83. The Kier molecular flexibility index (Phi) is 13.2. The summed E-state index contributed by atoms with van der Waals surface area (Å²) < 4.78 is 10.6. The normalized spacial score (nSPS) is 28.0. The summed E-state index contributed by atoms with van der Waals surface area (Å²) in [5, 5.41) is 0. The van der Waals surface area contributed by atoms with Crippen molar-refractivity contribution in [3.8, 4) is 0 Å². The Labute approximate surface area is 214 Å². The zero-order valence-corrected chi connectivity index (χ0v) is 23.0. The van der Waals surface area contributed by atoms with Crippen molar-refractivity contribution in [2.45, 2.75) is 85.6 Å². The number of carbonyl (C=O) groups is 2. The summed E-state index contributed by atoms with van der Waals surface area (Å²) in [6.45, 7) is 16.9. The van der Waals surface area contributed by atoms with Gasteiger partial charge >= 0.3 is 0 Å². The molecular formula is C29H50N2O4. The van der Waals surface area contributed by atoms with E-state index in [1.165, 1.54) is 25.7 Å². The van der Waals surface area contributed by atoms with Crippen LogP contribution < -0.4 is 0 Å². The van der Waals surface area contributed by atoms with Crippen LogP contribution in [0.4, 0.5) is 0 Å². The first-order chi connectivity index (χ1) is 16.8. The quantitative estimate of drug-likeness (QED) is 0.517. The molecule has 0 saturated carbocycles. The Hall–Kier alpha value is -1.50. The maximum atomic E-state index is 12.4. The van der Waals surface area contributed by atoms with Gasteiger partial charge in [0.05, 0.1) is 26.4 Å². The average Bonchev–Trinajstić information content (AvgIpc) is 2.90. The molecule has 0 aromatic carbocycles. The molecule has 6 heteroatoms. The molecule has 0 spiro atoms. The Bertz CT molecular complexity index is 707. The first kappa shape index (κ1) is 29.7. The van der Waals surface area contributed by atoms with E-state index in [1.54, 1.807) is 12.5 Å². The van der Waals surface area contributed by atoms with Crippen molar-refractivity contribution in [1.82, 2.24) is 9.80 Å². The number of Topliss-reactive ketones (excluding diaryl/α,β-unsaturated/α-hetero) is 1. The molecule has 2 heterocycles. The zero-order chi connectivity index (χ0) is 25.7. The summed E-state index contributed by atoms with van der Waals surface area (Å²) in [5.74, 6) is 0.629. The molecule has 2 fully saturated rings. The number of carbonyl (C=O) groups excluding carboxylic acids is 2. The second-order valence-corrected chi connectivity index (χ2v) is 10.6. The minimum Gasteiger partial charge on any atom is -0.379 e. The van der Waals surface area contributed by atoms with Gasteiger partial charge in [-0.3, -0.25) is 9.69 Å². The lowest BCUT2D eigenvalue weighted by Gasteiger charge is -2.38. The van der Waals surface area contributed by atoms with E-state index in [2.05, 4.69) is 43.9 Å². The molecule has 1 amide bonds. The lowest BCUT2D eigenvalue weighted by Crippen LogP contribution is -2.46. The summed E-state index contributed by atoms with van der Waals surface area (Å²) in [5.41, 5.74) is 1.62. The molecule has 0 aromatic rings. The predicted octanol–water partition coefficient (Wildman–Crippen LogP) is 5.03. The third kappa shape index (κ3) is 10.2. The van der Waals surface area contributed by atoms with E-state index in [0.29, 0.717) is 31.6 Å². The van der Waals surface area contributed by atoms with Crippen molar-refractivity contribution in [2.75, 3.05) is 52.6 Å². The summed E-state index contributed by atoms with van der Waals surface area (Å²) in [6, 6.07) is 0.706. The van der Waals surface area contributed by atoms with Gasteiger partial charge < -0.3 is 19.2 Å². The van der Waals surface area contributed by atoms with E-state index in [4.69, 9.17) is 9.47 Å². The van der Waals surface area contributed by atoms with Gasteiger partial charge in [-0.25, -0.2) is 0 Å². The molecule has 0 bridgehead atoms. The fourth-order valence-electron chi connectivity index (χ4n) is 5.02. The largest absolute Gasteiger partial charge is 0.379 e. The van der Waals surface area contributed by atoms with Crippen molar-refractivity contribution in [3.63, 3.8) is 0 Å². The molecule has 4 rings (SSSR count). The monoisotopic (exact) mass is 490 g/mol. The first-order valence-electron chi connectivity index (χ1n) is 13.8. The van der Waals surface area contributed by atoms with Crippen molar-refractivity contribution in [3.05, 3.63) is 23.8 Å². The van der Waals surface area contributed by atoms with Crippen LogP contribution in [0.3, 0.4) is 0 Å². The maximum absolute atomic E-state index is 12.4. The first-order valence-corrected chi connectivity index (χ1v) is 13.8. The number of hydrogen-bond donors (Lipinski definition) is 0. The van der Waals surface area contributed by atoms with Crippen molar-refractivity contribution in [2.24, 2.45) is 11.3 Å². The number of ketones is 1. The number of amides is 1.